The molecule has 0 aromatic rings. The summed E-state index contributed by atoms with van der Waals surface area (Å²) in [6.45, 7) is 0. The first-order chi connectivity index (χ1) is 4.91. The average Bonchev–Trinajstić information content (AvgIpc) is 2.11. The van der Waals surface area contributed by atoms with E-state index < -0.39 is 17.1 Å². The smallest absolute Gasteiger partial charge is 0.438 e. The van der Waals surface area contributed by atoms with Crippen molar-refractivity contribution in [1.82, 2.24) is 0 Å². The van der Waals surface area contributed by atoms with E-state index in [1.54, 1.807) is 0 Å². The number of alkyl halides is 3. The fraction of sp³-hybridized carbons (Fsp3) is 0.250. The molecule has 7 heteroatoms. The zero-order chi connectivity index (χ0) is 8.65. The number of hydrogen-bond donors (Lipinski definition) is 1. The predicted octanol–water partition coefficient (Wildman–Crippen LogP) is 0.577. The Hall–Kier alpha value is -0.150. The van der Waals surface area contributed by atoms with Crippen LogP contribution in [0.15, 0.2) is 14.9 Å². The third kappa shape index (κ3) is 1.91. The summed E-state index contributed by atoms with van der Waals surface area (Å²) in [4.78, 5) is 0. The van der Waals surface area contributed by atoms with E-state index in [1.807, 2.05) is 0 Å². The number of nitrogens with zero attached hydrogens (tertiary/aromatic N) is 1. The first-order valence-electron chi connectivity index (χ1n) is 2.48. The summed E-state index contributed by atoms with van der Waals surface area (Å²) < 4.78 is 35.3. The number of rotatable bonds is 0. The quantitative estimate of drug-likeness (QED) is 0.393. The molecule has 0 radical (unpaired) electrons. The molecule has 1 atom stereocenters. The summed E-state index contributed by atoms with van der Waals surface area (Å²) in [6.07, 6.45) is -3.79. The standard InChI is InChI=1S/C4H2F3IN2O/c5-4(6,7)2-1-3(8)10(11)9-2/h1,10H. The van der Waals surface area contributed by atoms with Gasteiger partial charge in [-0.05, 0) is 0 Å². The maximum absolute atomic E-state index is 11.8. The number of halogens is 4. The minimum Gasteiger partial charge on any atom is -0.601 e. The van der Waals surface area contributed by atoms with Crippen molar-refractivity contribution < 1.29 is 18.3 Å². The molecule has 0 saturated heterocycles. The number of allylic oxidation sites excluding steroid dienone is 1. The van der Waals surface area contributed by atoms with Gasteiger partial charge < -0.3 is 5.21 Å². The summed E-state index contributed by atoms with van der Waals surface area (Å²) in [7, 11) is 0. The van der Waals surface area contributed by atoms with Crippen LogP contribution in [0.2, 0.25) is 0 Å². The van der Waals surface area contributed by atoms with Gasteiger partial charge in [0.2, 0.25) is 5.71 Å². The molecule has 0 amide bonds. The zero-order valence-corrected chi connectivity index (χ0v) is 7.10. The highest BCUT2D eigenvalue weighted by molar-refractivity contribution is 14.1. The lowest BCUT2D eigenvalue weighted by atomic mass is 10.4. The van der Waals surface area contributed by atoms with Gasteiger partial charge in [0.15, 0.2) is 3.70 Å². The Labute approximate surface area is 73.3 Å². The van der Waals surface area contributed by atoms with E-state index in [-0.39, 0.29) is 3.70 Å². The molecule has 0 aliphatic carbocycles. The lowest BCUT2D eigenvalue weighted by Crippen LogP contribution is -2.98. The molecule has 0 bridgehead atoms. The van der Waals surface area contributed by atoms with Crippen LogP contribution in [0.5, 0.6) is 0 Å². The van der Waals surface area contributed by atoms with Gasteiger partial charge in [0, 0.05) is 28.7 Å². The van der Waals surface area contributed by atoms with Gasteiger partial charge in [0.05, 0.1) is 0 Å². The minimum absolute atomic E-state index is 0.00470. The average molecular weight is 278 g/mol. The van der Waals surface area contributed by atoms with Crippen molar-refractivity contribution in [2.45, 2.75) is 6.18 Å². The molecule has 0 fully saturated rings. The normalized spacial score (nSPS) is 25.0. The van der Waals surface area contributed by atoms with Crippen molar-refractivity contribution in [2.75, 3.05) is 0 Å². The van der Waals surface area contributed by atoms with E-state index in [1.165, 1.54) is 22.6 Å². The van der Waals surface area contributed by atoms with E-state index in [0.29, 0.717) is 0 Å². The van der Waals surface area contributed by atoms with Crippen LogP contribution in [0.1, 0.15) is 0 Å². The van der Waals surface area contributed by atoms with Crippen molar-refractivity contribution in [3.05, 3.63) is 15.0 Å². The maximum atomic E-state index is 11.8. The van der Waals surface area contributed by atoms with Crippen LogP contribution >= 0.6 is 22.6 Å². The van der Waals surface area contributed by atoms with Crippen molar-refractivity contribution >= 4 is 28.3 Å². The maximum Gasteiger partial charge on any atom is 0.438 e. The molecule has 1 aliphatic rings. The molecule has 1 unspecified atom stereocenters. The second-order valence-electron chi connectivity index (χ2n) is 1.79. The summed E-state index contributed by atoms with van der Waals surface area (Å²) in [5.41, 5.74) is -1.12. The Morgan fingerprint density at radius 1 is 1.55 bits per heavy atom. The Morgan fingerprint density at radius 2 is 2.09 bits per heavy atom. The van der Waals surface area contributed by atoms with Crippen LogP contribution < -0.4 is 5.17 Å². The van der Waals surface area contributed by atoms with Gasteiger partial charge in [-0.1, -0.05) is 5.10 Å². The van der Waals surface area contributed by atoms with Gasteiger partial charge in [0.1, 0.15) is 0 Å². The molecule has 0 saturated carbocycles. The number of nitrogens with one attached hydrogen (secondary N) is 1. The Balaban J connectivity index is 2.87. The summed E-state index contributed by atoms with van der Waals surface area (Å²) >= 11 is 1.51. The van der Waals surface area contributed by atoms with Crippen molar-refractivity contribution in [1.29, 1.82) is 0 Å². The largest absolute Gasteiger partial charge is 0.601 e. The predicted molar refractivity (Wildman–Crippen MR) is 39.9 cm³/mol. The summed E-state index contributed by atoms with van der Waals surface area (Å²) in [5.74, 6) is 0. The third-order valence-corrected chi connectivity index (χ3v) is 1.75. The van der Waals surface area contributed by atoms with E-state index in [4.69, 9.17) is 0 Å². The summed E-state index contributed by atoms with van der Waals surface area (Å²) in [6, 6.07) is 0. The van der Waals surface area contributed by atoms with Crippen LogP contribution in [0, 0.1) is 5.21 Å². The molecule has 0 aromatic heterocycles. The molecule has 1 aliphatic heterocycles. The number of quaternary nitrogens is 1. The molecule has 62 valence electrons. The number of hydrogen-bond acceptors (Lipinski definition) is 2. The third-order valence-electron chi connectivity index (χ3n) is 0.980. The van der Waals surface area contributed by atoms with Gasteiger partial charge in [-0.25, -0.2) is 5.17 Å². The molecule has 1 heterocycles. The molecule has 11 heavy (non-hydrogen) atoms. The van der Waals surface area contributed by atoms with Crippen LogP contribution in [0.3, 0.4) is 0 Å². The minimum atomic E-state index is -4.51. The molecule has 0 aromatic carbocycles. The Bertz CT molecular complexity index is 234. The molecule has 0 spiro atoms. The zero-order valence-electron chi connectivity index (χ0n) is 4.94. The second-order valence-corrected chi connectivity index (χ2v) is 2.95. The second kappa shape index (κ2) is 2.72. The molecule has 3 nitrogen and oxygen atoms in total. The summed E-state index contributed by atoms with van der Waals surface area (Å²) in [5, 5.41) is 12.4. The molecular weight excluding hydrogens is 276 g/mol. The molecule has 1 rings (SSSR count). The molecule has 1 N–H and O–H groups in total. The van der Waals surface area contributed by atoms with E-state index in [9.17, 15) is 18.4 Å². The first kappa shape index (κ1) is 8.94. The van der Waals surface area contributed by atoms with Crippen LogP contribution in [-0.2, 0) is 0 Å². The Morgan fingerprint density at radius 3 is 2.27 bits per heavy atom. The van der Waals surface area contributed by atoms with Crippen LogP contribution in [0.4, 0.5) is 13.2 Å². The van der Waals surface area contributed by atoms with Crippen LogP contribution in [0.25, 0.3) is 0 Å². The Kier molecular flexibility index (Phi) is 2.21. The topological polar surface area (TPSA) is 39.9 Å². The van der Waals surface area contributed by atoms with Crippen molar-refractivity contribution in [2.24, 2.45) is 5.10 Å². The highest BCUT2D eigenvalue weighted by Gasteiger charge is 2.39. The van der Waals surface area contributed by atoms with Crippen molar-refractivity contribution in [3.63, 3.8) is 0 Å². The van der Waals surface area contributed by atoms with Gasteiger partial charge in [-0.3, -0.25) is 0 Å². The highest BCUT2D eigenvalue weighted by Crippen LogP contribution is 2.20. The van der Waals surface area contributed by atoms with E-state index in [2.05, 4.69) is 5.10 Å². The van der Waals surface area contributed by atoms with E-state index in [0.717, 1.165) is 6.08 Å². The fourth-order valence-electron chi connectivity index (χ4n) is 0.522. The highest BCUT2D eigenvalue weighted by atomic mass is 127. The lowest BCUT2D eigenvalue weighted by molar-refractivity contribution is -0.798. The monoisotopic (exact) mass is 278 g/mol. The lowest BCUT2D eigenvalue weighted by Gasteiger charge is -2.07. The fourth-order valence-corrected chi connectivity index (χ4v) is 0.938. The molecular formula is C4H2F3IN2O. The first-order valence-corrected chi connectivity index (χ1v) is 3.56. The SMILES string of the molecule is [O-][NH+]1N=C(C(F)(F)F)C=C1I. The number of hydroxylamine groups is 1. The van der Waals surface area contributed by atoms with Gasteiger partial charge in [0.25, 0.3) is 0 Å². The van der Waals surface area contributed by atoms with Gasteiger partial charge in [-0.2, -0.15) is 13.2 Å². The van der Waals surface area contributed by atoms with Crippen LogP contribution in [-0.4, -0.2) is 11.9 Å². The van der Waals surface area contributed by atoms with Crippen molar-refractivity contribution in [3.8, 4) is 0 Å². The van der Waals surface area contributed by atoms with Gasteiger partial charge in [-0.15, -0.1) is 0 Å². The van der Waals surface area contributed by atoms with E-state index >= 15 is 0 Å². The van der Waals surface area contributed by atoms with Gasteiger partial charge >= 0.3 is 6.18 Å².